The van der Waals surface area contributed by atoms with Crippen molar-refractivity contribution in [1.29, 1.82) is 0 Å². The van der Waals surface area contributed by atoms with Gasteiger partial charge < -0.3 is 15.3 Å². The van der Waals surface area contributed by atoms with Crippen molar-refractivity contribution in [3.05, 3.63) is 22.5 Å². The van der Waals surface area contributed by atoms with Crippen LogP contribution in [-0.2, 0) is 5.60 Å². The van der Waals surface area contributed by atoms with E-state index in [2.05, 4.69) is 0 Å². The molecule has 0 atom stereocenters. The molecule has 3 N–H and O–H groups in total. The highest BCUT2D eigenvalue weighted by molar-refractivity contribution is 6.32. The van der Waals surface area contributed by atoms with Gasteiger partial charge in [-0.05, 0) is 12.8 Å². The zero-order valence-electron chi connectivity index (χ0n) is 7.09. The van der Waals surface area contributed by atoms with Crippen molar-refractivity contribution in [2.75, 3.05) is 0 Å². The molecule has 0 unspecified atom stereocenters. The average Bonchev–Trinajstić information content (AvgIpc) is 2.81. The summed E-state index contributed by atoms with van der Waals surface area (Å²) in [4.78, 5) is 0. The maximum atomic E-state index is 13.3. The average molecular weight is 219 g/mol. The highest BCUT2D eigenvalue weighted by Gasteiger charge is 2.47. The Labute approximate surface area is 84.4 Å². The van der Waals surface area contributed by atoms with Gasteiger partial charge in [-0.15, -0.1) is 0 Å². The smallest absolute Gasteiger partial charge is 0.174 e. The molecule has 3 nitrogen and oxygen atoms in total. The van der Waals surface area contributed by atoms with Crippen molar-refractivity contribution in [2.24, 2.45) is 0 Å². The molecule has 1 fully saturated rings. The largest absolute Gasteiger partial charge is 0.506 e. The lowest BCUT2D eigenvalue weighted by Gasteiger charge is -2.13. The van der Waals surface area contributed by atoms with E-state index >= 15 is 0 Å². The van der Waals surface area contributed by atoms with E-state index in [-0.39, 0.29) is 10.6 Å². The summed E-state index contributed by atoms with van der Waals surface area (Å²) in [5, 5.41) is 28.0. The first kappa shape index (κ1) is 9.55. The van der Waals surface area contributed by atoms with Gasteiger partial charge in [0, 0.05) is 6.07 Å². The number of phenolic OH excluding ortho intramolecular Hbond substituents is 2. The standard InChI is InChI=1S/C9H8ClFO3/c10-4-3-5(12)7(11)6(8(4)13)9(14)1-2-9/h3,12-14H,1-2H2. The van der Waals surface area contributed by atoms with Gasteiger partial charge in [0.1, 0.15) is 5.75 Å². The topological polar surface area (TPSA) is 60.7 Å². The highest BCUT2D eigenvalue weighted by atomic mass is 35.5. The second kappa shape index (κ2) is 2.74. The van der Waals surface area contributed by atoms with Crippen LogP contribution in [0.1, 0.15) is 18.4 Å². The molecule has 0 spiro atoms. The summed E-state index contributed by atoms with van der Waals surface area (Å²) in [6.07, 6.45) is 0.717. The van der Waals surface area contributed by atoms with Gasteiger partial charge in [0.15, 0.2) is 11.6 Å². The van der Waals surface area contributed by atoms with E-state index in [0.717, 1.165) is 6.07 Å². The fourth-order valence-electron chi connectivity index (χ4n) is 1.40. The first-order chi connectivity index (χ1) is 6.46. The lowest BCUT2D eigenvalue weighted by atomic mass is 10.1. The van der Waals surface area contributed by atoms with Crippen molar-refractivity contribution in [1.82, 2.24) is 0 Å². The van der Waals surface area contributed by atoms with Crippen LogP contribution in [0.4, 0.5) is 4.39 Å². The van der Waals surface area contributed by atoms with Crippen LogP contribution >= 0.6 is 11.6 Å². The zero-order chi connectivity index (χ0) is 10.5. The summed E-state index contributed by atoms with van der Waals surface area (Å²) < 4.78 is 13.3. The fourth-order valence-corrected chi connectivity index (χ4v) is 1.59. The van der Waals surface area contributed by atoms with E-state index in [1.54, 1.807) is 0 Å². The van der Waals surface area contributed by atoms with E-state index in [4.69, 9.17) is 16.7 Å². The van der Waals surface area contributed by atoms with Crippen LogP contribution < -0.4 is 0 Å². The van der Waals surface area contributed by atoms with Gasteiger partial charge in [-0.25, -0.2) is 4.39 Å². The van der Waals surface area contributed by atoms with Crippen LogP contribution in [0.25, 0.3) is 0 Å². The van der Waals surface area contributed by atoms with Crippen molar-refractivity contribution in [3.63, 3.8) is 0 Å². The van der Waals surface area contributed by atoms with Gasteiger partial charge in [0.2, 0.25) is 0 Å². The Morgan fingerprint density at radius 1 is 1.36 bits per heavy atom. The van der Waals surface area contributed by atoms with Gasteiger partial charge in [-0.2, -0.15) is 0 Å². The van der Waals surface area contributed by atoms with E-state index in [1.807, 2.05) is 0 Å². The molecule has 14 heavy (non-hydrogen) atoms. The Morgan fingerprint density at radius 3 is 2.43 bits per heavy atom. The first-order valence-corrected chi connectivity index (χ1v) is 4.46. The molecule has 76 valence electrons. The molecule has 1 aliphatic carbocycles. The minimum absolute atomic E-state index is 0.167. The summed E-state index contributed by atoms with van der Waals surface area (Å²) in [5.41, 5.74) is -1.67. The molecular weight excluding hydrogens is 211 g/mol. The monoisotopic (exact) mass is 218 g/mol. The number of benzene rings is 1. The normalized spacial score (nSPS) is 18.2. The van der Waals surface area contributed by atoms with Gasteiger partial charge in [-0.1, -0.05) is 11.6 Å². The van der Waals surface area contributed by atoms with E-state index < -0.39 is 22.9 Å². The van der Waals surface area contributed by atoms with Crippen molar-refractivity contribution in [2.45, 2.75) is 18.4 Å². The van der Waals surface area contributed by atoms with Gasteiger partial charge in [0.25, 0.3) is 0 Å². The van der Waals surface area contributed by atoms with Crippen LogP contribution in [0.5, 0.6) is 11.5 Å². The molecule has 1 saturated carbocycles. The number of phenols is 2. The minimum Gasteiger partial charge on any atom is -0.506 e. The maximum absolute atomic E-state index is 13.3. The van der Waals surface area contributed by atoms with Crippen LogP contribution in [-0.4, -0.2) is 15.3 Å². The molecular formula is C9H8ClFO3. The number of hydrogen-bond acceptors (Lipinski definition) is 3. The summed E-state index contributed by atoms with van der Waals surface area (Å²) >= 11 is 5.54. The Hall–Kier alpha value is -1.00. The van der Waals surface area contributed by atoms with Crippen molar-refractivity contribution in [3.8, 4) is 11.5 Å². The predicted molar refractivity (Wildman–Crippen MR) is 47.9 cm³/mol. The molecule has 1 aliphatic rings. The van der Waals surface area contributed by atoms with E-state index in [1.165, 1.54) is 0 Å². The molecule has 0 saturated heterocycles. The third-order valence-corrected chi connectivity index (χ3v) is 2.65. The Balaban J connectivity index is 2.68. The summed E-state index contributed by atoms with van der Waals surface area (Å²) in [6, 6.07) is 0.904. The number of hydrogen-bond donors (Lipinski definition) is 3. The minimum atomic E-state index is -1.36. The second-order valence-electron chi connectivity index (χ2n) is 3.45. The molecule has 0 heterocycles. The van der Waals surface area contributed by atoms with Gasteiger partial charge in [0.05, 0.1) is 16.2 Å². The molecule has 0 bridgehead atoms. The third kappa shape index (κ3) is 1.22. The molecule has 0 amide bonds. The lowest BCUT2D eigenvalue weighted by molar-refractivity contribution is 0.142. The lowest BCUT2D eigenvalue weighted by Crippen LogP contribution is -2.08. The molecule has 0 radical (unpaired) electrons. The Bertz CT molecular complexity index is 375. The zero-order valence-corrected chi connectivity index (χ0v) is 7.85. The van der Waals surface area contributed by atoms with Crippen LogP contribution in [0, 0.1) is 5.82 Å². The van der Waals surface area contributed by atoms with Crippen LogP contribution in [0.15, 0.2) is 6.07 Å². The summed E-state index contributed by atoms with van der Waals surface area (Å²) in [5.74, 6) is -2.17. The molecule has 0 aromatic heterocycles. The van der Waals surface area contributed by atoms with Crippen molar-refractivity contribution < 1.29 is 19.7 Å². The molecule has 5 heteroatoms. The summed E-state index contributed by atoms with van der Waals surface area (Å²) in [7, 11) is 0. The second-order valence-corrected chi connectivity index (χ2v) is 3.85. The molecule has 0 aliphatic heterocycles. The highest BCUT2D eigenvalue weighted by Crippen LogP contribution is 2.52. The van der Waals surface area contributed by atoms with Crippen LogP contribution in [0.3, 0.4) is 0 Å². The SMILES string of the molecule is Oc1cc(Cl)c(O)c(C2(O)CC2)c1F. The van der Waals surface area contributed by atoms with Crippen molar-refractivity contribution >= 4 is 11.6 Å². The summed E-state index contributed by atoms with van der Waals surface area (Å²) in [6.45, 7) is 0. The van der Waals surface area contributed by atoms with E-state index in [0.29, 0.717) is 12.8 Å². The molecule has 1 aromatic carbocycles. The molecule has 1 aromatic rings. The van der Waals surface area contributed by atoms with Crippen LogP contribution in [0.2, 0.25) is 5.02 Å². The maximum Gasteiger partial charge on any atom is 0.174 e. The quantitative estimate of drug-likeness (QED) is 0.631. The Kier molecular flexibility index (Phi) is 1.87. The van der Waals surface area contributed by atoms with Gasteiger partial charge >= 0.3 is 0 Å². The number of rotatable bonds is 1. The predicted octanol–water partition coefficient (Wildman–Crippen LogP) is 1.87. The first-order valence-electron chi connectivity index (χ1n) is 4.08. The Morgan fingerprint density at radius 2 is 1.93 bits per heavy atom. The fraction of sp³-hybridized carbons (Fsp3) is 0.333. The number of aromatic hydroxyl groups is 2. The third-order valence-electron chi connectivity index (χ3n) is 2.36. The number of aliphatic hydroxyl groups is 1. The van der Waals surface area contributed by atoms with Gasteiger partial charge in [-0.3, -0.25) is 0 Å². The molecule has 2 rings (SSSR count). The number of halogens is 2. The van der Waals surface area contributed by atoms with E-state index in [9.17, 15) is 14.6 Å².